The van der Waals surface area contributed by atoms with E-state index in [2.05, 4.69) is 57.1 Å². The summed E-state index contributed by atoms with van der Waals surface area (Å²) in [6.45, 7) is 2.52. The number of amides is 1. The third-order valence-corrected chi connectivity index (χ3v) is 1.90. The predicted octanol–water partition coefficient (Wildman–Crippen LogP) is 2.92. The first-order valence-corrected chi connectivity index (χ1v) is 6.36. The number of unbranched alkanes of at least 4 members (excludes halogenated alkanes) is 1. The van der Waals surface area contributed by atoms with Crippen molar-refractivity contribution < 1.29 is 9.90 Å². The second-order valence-corrected chi connectivity index (χ2v) is 7.22. The van der Waals surface area contributed by atoms with Gasteiger partial charge in [-0.1, -0.05) is 64.4 Å². The van der Waals surface area contributed by atoms with Crippen molar-refractivity contribution in [1.82, 2.24) is 4.90 Å². The summed E-state index contributed by atoms with van der Waals surface area (Å²) >= 11 is 4.26. The Hall–Kier alpha value is 0.290. The van der Waals surface area contributed by atoms with Gasteiger partial charge in [-0.3, -0.25) is 0 Å². The van der Waals surface area contributed by atoms with Crippen LogP contribution >= 0.6 is 45.2 Å². The molecule has 0 rings (SSSR count). The molecule has 0 spiro atoms. The minimum atomic E-state index is -0.964. The molecule has 0 saturated heterocycles. The van der Waals surface area contributed by atoms with Crippen molar-refractivity contribution in [3.63, 3.8) is 0 Å². The smallest absolute Gasteiger partial charge is 0.419 e. The first-order chi connectivity index (χ1) is 6.07. The van der Waals surface area contributed by atoms with E-state index in [9.17, 15) is 4.79 Å². The summed E-state index contributed by atoms with van der Waals surface area (Å²) < 4.78 is 0.152. The van der Waals surface area contributed by atoms with Crippen LogP contribution < -0.4 is 0 Å². The quantitative estimate of drug-likeness (QED) is 0.339. The van der Waals surface area contributed by atoms with Gasteiger partial charge in [0.25, 0.3) is 0 Å². The van der Waals surface area contributed by atoms with Crippen LogP contribution in [-0.2, 0) is 0 Å². The van der Waals surface area contributed by atoms with Crippen LogP contribution in [0.3, 0.4) is 0 Å². The SMILES string of the molecule is CCCCN(C#CC(I)I)C(=O)O. The normalized spacial score (nSPS) is 9.23. The maximum atomic E-state index is 10.6. The molecule has 1 N–H and O–H groups in total. The molecule has 13 heavy (non-hydrogen) atoms. The van der Waals surface area contributed by atoms with Gasteiger partial charge in [-0.25, -0.2) is 9.69 Å². The zero-order valence-electron chi connectivity index (χ0n) is 7.26. The fourth-order valence-electron chi connectivity index (χ4n) is 0.642. The molecule has 0 aliphatic carbocycles. The van der Waals surface area contributed by atoms with E-state index in [1.165, 1.54) is 0 Å². The molecule has 74 valence electrons. The van der Waals surface area contributed by atoms with Gasteiger partial charge in [-0.05, 0) is 6.42 Å². The Morgan fingerprint density at radius 2 is 2.23 bits per heavy atom. The van der Waals surface area contributed by atoms with Gasteiger partial charge >= 0.3 is 6.09 Å². The van der Waals surface area contributed by atoms with Crippen molar-refractivity contribution in [1.29, 1.82) is 0 Å². The lowest BCUT2D eigenvalue weighted by Gasteiger charge is -2.09. The van der Waals surface area contributed by atoms with Crippen molar-refractivity contribution in [3.05, 3.63) is 0 Å². The van der Waals surface area contributed by atoms with Gasteiger partial charge in [-0.15, -0.1) is 0 Å². The molecule has 0 aliphatic heterocycles. The van der Waals surface area contributed by atoms with Gasteiger partial charge in [0.1, 0.15) is 1.93 Å². The number of hydrogen-bond donors (Lipinski definition) is 1. The summed E-state index contributed by atoms with van der Waals surface area (Å²) in [5, 5.41) is 8.73. The summed E-state index contributed by atoms with van der Waals surface area (Å²) in [6.07, 6.45) is 0.867. The minimum Gasteiger partial charge on any atom is -0.464 e. The Morgan fingerprint density at radius 3 is 2.62 bits per heavy atom. The van der Waals surface area contributed by atoms with Gasteiger partial charge in [0, 0.05) is 12.6 Å². The molecular formula is C8H11I2NO2. The van der Waals surface area contributed by atoms with Gasteiger partial charge in [0.05, 0.1) is 0 Å². The number of carboxylic acid groups (broad SMARTS) is 1. The van der Waals surface area contributed by atoms with Crippen LogP contribution in [0.1, 0.15) is 19.8 Å². The lowest BCUT2D eigenvalue weighted by Crippen LogP contribution is -2.25. The molecule has 1 amide bonds. The molecule has 0 bridgehead atoms. The molecule has 3 nitrogen and oxygen atoms in total. The highest BCUT2D eigenvalue weighted by atomic mass is 127. The maximum Gasteiger partial charge on any atom is 0.419 e. The van der Waals surface area contributed by atoms with Crippen molar-refractivity contribution in [2.24, 2.45) is 0 Å². The summed E-state index contributed by atoms with van der Waals surface area (Å²) in [7, 11) is 0. The highest BCUT2D eigenvalue weighted by Crippen LogP contribution is 2.07. The molecule has 0 aromatic rings. The summed E-state index contributed by atoms with van der Waals surface area (Å²) in [6, 6.07) is 2.62. The summed E-state index contributed by atoms with van der Waals surface area (Å²) in [5.74, 6) is 2.80. The zero-order valence-corrected chi connectivity index (χ0v) is 11.6. The third kappa shape index (κ3) is 7.37. The third-order valence-electron chi connectivity index (χ3n) is 1.27. The lowest BCUT2D eigenvalue weighted by molar-refractivity contribution is 0.165. The molecule has 5 heteroatoms. The molecule has 0 saturated carbocycles. The highest BCUT2D eigenvalue weighted by Gasteiger charge is 2.06. The predicted molar refractivity (Wildman–Crippen MR) is 69.2 cm³/mol. The van der Waals surface area contributed by atoms with E-state index >= 15 is 0 Å². The number of carbonyl (C=O) groups is 1. The number of halogens is 2. The second kappa shape index (κ2) is 7.67. The monoisotopic (exact) mass is 407 g/mol. The molecule has 0 heterocycles. The topological polar surface area (TPSA) is 40.5 Å². The summed E-state index contributed by atoms with van der Waals surface area (Å²) in [5.41, 5.74) is 0. The van der Waals surface area contributed by atoms with Crippen molar-refractivity contribution in [2.75, 3.05) is 6.54 Å². The van der Waals surface area contributed by atoms with Crippen LogP contribution in [0.5, 0.6) is 0 Å². The molecule has 0 unspecified atom stereocenters. The van der Waals surface area contributed by atoms with Crippen LogP contribution in [0.25, 0.3) is 0 Å². The first kappa shape index (κ1) is 13.3. The average molecular weight is 407 g/mol. The lowest BCUT2D eigenvalue weighted by atomic mass is 10.3. The fraction of sp³-hybridized carbons (Fsp3) is 0.625. The van der Waals surface area contributed by atoms with Gasteiger partial charge in [0.2, 0.25) is 0 Å². The minimum absolute atomic E-state index is 0.152. The van der Waals surface area contributed by atoms with E-state index in [-0.39, 0.29) is 1.93 Å². The first-order valence-electron chi connectivity index (χ1n) is 3.87. The molecule has 0 aromatic carbocycles. The molecule has 0 aromatic heterocycles. The Balaban J connectivity index is 4.12. The fourth-order valence-corrected chi connectivity index (χ4v) is 0.921. The Bertz CT molecular complexity index is 220. The van der Waals surface area contributed by atoms with E-state index in [4.69, 9.17) is 5.11 Å². The Labute approximate surface area is 106 Å². The zero-order chi connectivity index (χ0) is 10.3. The van der Waals surface area contributed by atoms with Crippen LogP contribution in [0.15, 0.2) is 0 Å². The highest BCUT2D eigenvalue weighted by molar-refractivity contribution is 14.2. The average Bonchev–Trinajstić information content (AvgIpc) is 2.03. The molecule has 0 radical (unpaired) electrons. The van der Waals surface area contributed by atoms with Gasteiger partial charge in [0.15, 0.2) is 0 Å². The Kier molecular flexibility index (Phi) is 7.84. The van der Waals surface area contributed by atoms with Crippen LogP contribution in [0.2, 0.25) is 0 Å². The number of alkyl halides is 2. The largest absolute Gasteiger partial charge is 0.464 e. The second-order valence-electron chi connectivity index (χ2n) is 2.34. The van der Waals surface area contributed by atoms with E-state index in [0.29, 0.717) is 6.54 Å². The molecule has 0 atom stereocenters. The van der Waals surface area contributed by atoms with E-state index < -0.39 is 6.09 Å². The van der Waals surface area contributed by atoms with Crippen molar-refractivity contribution >= 4 is 51.3 Å². The number of rotatable bonds is 3. The van der Waals surface area contributed by atoms with Crippen LogP contribution in [-0.4, -0.2) is 24.6 Å². The van der Waals surface area contributed by atoms with E-state index in [1.54, 1.807) is 0 Å². The van der Waals surface area contributed by atoms with Crippen LogP contribution in [0.4, 0.5) is 4.79 Å². The maximum absolute atomic E-state index is 10.6. The standard InChI is InChI=1S/C8H11I2NO2/c1-2-3-5-11(8(12)13)6-4-7(9)10/h7H,2-3,5H2,1H3,(H,12,13). The number of hydrogen-bond acceptors (Lipinski definition) is 1. The Morgan fingerprint density at radius 1 is 1.62 bits per heavy atom. The van der Waals surface area contributed by atoms with Crippen LogP contribution in [0, 0.1) is 12.0 Å². The number of nitrogens with zero attached hydrogens (tertiary/aromatic N) is 1. The van der Waals surface area contributed by atoms with E-state index in [1.807, 2.05) is 6.92 Å². The summed E-state index contributed by atoms with van der Waals surface area (Å²) in [4.78, 5) is 11.8. The molecule has 0 aliphatic rings. The van der Waals surface area contributed by atoms with Gasteiger partial charge in [-0.2, -0.15) is 0 Å². The van der Waals surface area contributed by atoms with Gasteiger partial charge < -0.3 is 5.11 Å². The van der Waals surface area contributed by atoms with Crippen molar-refractivity contribution in [3.8, 4) is 12.0 Å². The molecular weight excluding hydrogens is 396 g/mol. The van der Waals surface area contributed by atoms with Crippen molar-refractivity contribution in [2.45, 2.75) is 21.7 Å². The van der Waals surface area contributed by atoms with E-state index in [0.717, 1.165) is 17.7 Å². The molecule has 0 fully saturated rings.